The SMILES string of the molecule is Cc1cc(C#N)nc2ncn(CC3=NN(C4CC(c5ccc(Cl)cc5)C4)C(=O)C3)c(=O)c12. The van der Waals surface area contributed by atoms with Gasteiger partial charge in [0, 0.05) is 5.02 Å². The first kappa shape index (κ1) is 20.3. The van der Waals surface area contributed by atoms with Crippen LogP contribution in [0.2, 0.25) is 5.02 Å². The molecule has 0 N–H and O–H groups in total. The number of carbonyl (C=O) groups is 1. The molecule has 0 atom stereocenters. The highest BCUT2D eigenvalue weighted by molar-refractivity contribution is 6.30. The predicted octanol–water partition coefficient (Wildman–Crippen LogP) is 3.16. The molecule has 1 fully saturated rings. The van der Waals surface area contributed by atoms with Crippen LogP contribution in [0.3, 0.4) is 0 Å². The lowest BCUT2D eigenvalue weighted by atomic mass is 9.75. The van der Waals surface area contributed by atoms with Gasteiger partial charge < -0.3 is 0 Å². The first-order valence-corrected chi connectivity index (χ1v) is 10.7. The topological polar surface area (TPSA) is 104 Å². The molecule has 0 radical (unpaired) electrons. The number of hydrogen-bond donors (Lipinski definition) is 0. The molecule has 1 saturated carbocycles. The van der Waals surface area contributed by atoms with E-state index in [2.05, 4.69) is 15.1 Å². The summed E-state index contributed by atoms with van der Waals surface area (Å²) in [5.74, 6) is 0.350. The number of carbonyl (C=O) groups excluding carboxylic acids is 1. The number of amides is 1. The van der Waals surface area contributed by atoms with Crippen molar-refractivity contribution < 1.29 is 4.79 Å². The van der Waals surface area contributed by atoms with E-state index in [1.54, 1.807) is 18.0 Å². The number of hydrogen-bond acceptors (Lipinski definition) is 6. The summed E-state index contributed by atoms with van der Waals surface area (Å²) in [6, 6.07) is 11.4. The predicted molar refractivity (Wildman–Crippen MR) is 119 cm³/mol. The van der Waals surface area contributed by atoms with Crippen LogP contribution in [0, 0.1) is 18.3 Å². The minimum absolute atomic E-state index is 0.0436. The van der Waals surface area contributed by atoms with Crippen molar-refractivity contribution >= 4 is 34.3 Å². The Morgan fingerprint density at radius 2 is 1.97 bits per heavy atom. The Morgan fingerprint density at radius 3 is 2.69 bits per heavy atom. The minimum atomic E-state index is -0.260. The molecular formula is C23H19ClN6O2. The number of aryl methyl sites for hydroxylation is 1. The lowest BCUT2D eigenvalue weighted by Crippen LogP contribution is -2.42. The van der Waals surface area contributed by atoms with E-state index in [-0.39, 0.29) is 41.8 Å². The quantitative estimate of drug-likeness (QED) is 0.612. The highest BCUT2D eigenvalue weighted by Gasteiger charge is 2.39. The number of benzene rings is 1. The molecule has 2 aliphatic rings. The normalized spacial score (nSPS) is 20.2. The average molecular weight is 447 g/mol. The van der Waals surface area contributed by atoms with Gasteiger partial charge in [0.1, 0.15) is 18.1 Å². The molecule has 1 aromatic carbocycles. The van der Waals surface area contributed by atoms with Crippen LogP contribution in [-0.2, 0) is 11.3 Å². The molecule has 3 aromatic rings. The van der Waals surface area contributed by atoms with Gasteiger partial charge in [-0.3, -0.25) is 14.2 Å². The van der Waals surface area contributed by atoms with Crippen molar-refractivity contribution in [3.63, 3.8) is 0 Å². The molecular weight excluding hydrogens is 428 g/mol. The van der Waals surface area contributed by atoms with Crippen LogP contribution in [0.5, 0.6) is 0 Å². The molecule has 0 saturated heterocycles. The zero-order valence-corrected chi connectivity index (χ0v) is 18.1. The molecule has 5 rings (SSSR count). The fraction of sp³-hybridized carbons (Fsp3) is 0.304. The number of hydrazone groups is 1. The lowest BCUT2D eigenvalue weighted by Gasteiger charge is -2.39. The second kappa shape index (κ2) is 7.84. The van der Waals surface area contributed by atoms with Crippen LogP contribution in [0.1, 0.15) is 42.0 Å². The summed E-state index contributed by atoms with van der Waals surface area (Å²) in [5.41, 5.74) is 2.71. The van der Waals surface area contributed by atoms with Crippen molar-refractivity contribution in [3.05, 3.63) is 68.9 Å². The van der Waals surface area contributed by atoms with Gasteiger partial charge in [-0.2, -0.15) is 10.4 Å². The first-order valence-electron chi connectivity index (χ1n) is 10.3. The zero-order chi connectivity index (χ0) is 22.4. The van der Waals surface area contributed by atoms with E-state index in [1.165, 1.54) is 16.5 Å². The number of rotatable bonds is 4. The summed E-state index contributed by atoms with van der Waals surface area (Å²) >= 11 is 5.96. The second-order valence-corrected chi connectivity index (χ2v) is 8.70. The maximum absolute atomic E-state index is 13.0. The maximum Gasteiger partial charge on any atom is 0.263 e. The van der Waals surface area contributed by atoms with Gasteiger partial charge >= 0.3 is 0 Å². The fourth-order valence-corrected chi connectivity index (χ4v) is 4.49. The molecule has 2 aromatic heterocycles. The molecule has 3 heterocycles. The molecule has 1 aliphatic heterocycles. The molecule has 1 aliphatic carbocycles. The van der Waals surface area contributed by atoms with Gasteiger partial charge in [-0.1, -0.05) is 23.7 Å². The maximum atomic E-state index is 13.0. The number of halogens is 1. The van der Waals surface area contributed by atoms with Crippen molar-refractivity contribution in [2.75, 3.05) is 0 Å². The third-order valence-electron chi connectivity index (χ3n) is 6.12. The number of fused-ring (bicyclic) bond motifs is 1. The van der Waals surface area contributed by atoms with E-state index < -0.39 is 0 Å². The van der Waals surface area contributed by atoms with Crippen LogP contribution in [-0.4, -0.2) is 37.2 Å². The fourth-order valence-electron chi connectivity index (χ4n) is 4.37. The Balaban J connectivity index is 1.32. The van der Waals surface area contributed by atoms with Crippen LogP contribution < -0.4 is 5.56 Å². The van der Waals surface area contributed by atoms with E-state index in [1.807, 2.05) is 30.3 Å². The summed E-state index contributed by atoms with van der Waals surface area (Å²) in [5, 5.41) is 16.3. The lowest BCUT2D eigenvalue weighted by molar-refractivity contribution is -0.132. The highest BCUT2D eigenvalue weighted by Crippen LogP contribution is 2.41. The van der Waals surface area contributed by atoms with Crippen molar-refractivity contribution in [2.24, 2.45) is 5.10 Å². The Morgan fingerprint density at radius 1 is 1.22 bits per heavy atom. The average Bonchev–Trinajstić information content (AvgIpc) is 3.09. The monoisotopic (exact) mass is 446 g/mol. The van der Waals surface area contributed by atoms with Gasteiger partial charge in [-0.25, -0.2) is 15.0 Å². The molecule has 32 heavy (non-hydrogen) atoms. The standard InChI is InChI=1S/C23H19ClN6O2/c1-13-6-17(10-25)27-22-21(13)23(32)29(12-26-22)11-18-9-20(31)30(28-18)19-7-15(8-19)14-2-4-16(24)5-3-14/h2-6,12,15,19H,7-9,11H2,1H3. The number of nitriles is 1. The number of pyridine rings is 1. The Labute approximate surface area is 188 Å². The molecule has 9 heteroatoms. The van der Waals surface area contributed by atoms with Gasteiger partial charge in [-0.05, 0) is 55.0 Å². The summed E-state index contributed by atoms with van der Waals surface area (Å²) in [6.07, 6.45) is 3.30. The van der Waals surface area contributed by atoms with Gasteiger partial charge in [0.2, 0.25) is 5.91 Å². The van der Waals surface area contributed by atoms with Gasteiger partial charge in [0.05, 0.1) is 30.1 Å². The minimum Gasteiger partial charge on any atom is -0.293 e. The molecule has 0 bridgehead atoms. The molecule has 8 nitrogen and oxygen atoms in total. The smallest absolute Gasteiger partial charge is 0.263 e. The van der Waals surface area contributed by atoms with Crippen molar-refractivity contribution in [1.82, 2.24) is 19.5 Å². The summed E-state index contributed by atoms with van der Waals surface area (Å²) in [4.78, 5) is 33.9. The number of nitrogens with zero attached hydrogens (tertiary/aromatic N) is 6. The zero-order valence-electron chi connectivity index (χ0n) is 17.3. The van der Waals surface area contributed by atoms with Gasteiger partial charge in [-0.15, -0.1) is 0 Å². The Bertz CT molecular complexity index is 1370. The second-order valence-electron chi connectivity index (χ2n) is 8.27. The van der Waals surface area contributed by atoms with Crippen molar-refractivity contribution in [3.8, 4) is 6.07 Å². The summed E-state index contributed by atoms with van der Waals surface area (Å²) in [6.45, 7) is 1.95. The van der Waals surface area contributed by atoms with Crippen LogP contribution >= 0.6 is 11.6 Å². The Hall–Kier alpha value is -3.57. The van der Waals surface area contributed by atoms with E-state index in [0.29, 0.717) is 27.6 Å². The largest absolute Gasteiger partial charge is 0.293 e. The van der Waals surface area contributed by atoms with E-state index in [9.17, 15) is 9.59 Å². The third kappa shape index (κ3) is 3.55. The number of aromatic nitrogens is 3. The van der Waals surface area contributed by atoms with Crippen molar-refractivity contribution in [1.29, 1.82) is 5.26 Å². The van der Waals surface area contributed by atoms with E-state index >= 15 is 0 Å². The first-order chi connectivity index (χ1) is 15.4. The third-order valence-corrected chi connectivity index (χ3v) is 6.37. The summed E-state index contributed by atoms with van der Waals surface area (Å²) in [7, 11) is 0. The van der Waals surface area contributed by atoms with Crippen LogP contribution in [0.15, 0.2) is 46.6 Å². The molecule has 0 unspecified atom stereocenters. The van der Waals surface area contributed by atoms with E-state index in [4.69, 9.17) is 16.9 Å². The molecule has 0 spiro atoms. The summed E-state index contributed by atoms with van der Waals surface area (Å²) < 4.78 is 1.44. The molecule has 160 valence electrons. The van der Waals surface area contributed by atoms with Crippen molar-refractivity contribution in [2.45, 2.75) is 44.7 Å². The van der Waals surface area contributed by atoms with Crippen LogP contribution in [0.4, 0.5) is 0 Å². The highest BCUT2D eigenvalue weighted by atomic mass is 35.5. The van der Waals surface area contributed by atoms with E-state index in [0.717, 1.165) is 12.8 Å². The van der Waals surface area contributed by atoms with Gasteiger partial charge in [0.15, 0.2) is 5.65 Å². The van der Waals surface area contributed by atoms with Crippen LogP contribution in [0.25, 0.3) is 11.0 Å². The van der Waals surface area contributed by atoms with Gasteiger partial charge in [0.25, 0.3) is 5.56 Å². The molecule has 1 amide bonds. The Kier molecular flexibility index (Phi) is 4.98.